The third kappa shape index (κ3) is 4.55. The lowest BCUT2D eigenvalue weighted by Crippen LogP contribution is -2.07. The largest absolute Gasteiger partial charge is 0.418 e. The monoisotopic (exact) mass is 391 g/mol. The summed E-state index contributed by atoms with van der Waals surface area (Å²) in [7, 11) is 0. The van der Waals surface area contributed by atoms with Crippen LogP contribution in [0, 0.1) is 0 Å². The second kappa shape index (κ2) is 8.54. The molecule has 0 saturated carbocycles. The van der Waals surface area contributed by atoms with Crippen molar-refractivity contribution < 1.29 is 9.15 Å². The zero-order valence-electron chi connectivity index (χ0n) is 14.5. The van der Waals surface area contributed by atoms with Gasteiger partial charge in [-0.1, -0.05) is 35.3 Å². The molecule has 1 atom stereocenters. The highest BCUT2D eigenvalue weighted by Crippen LogP contribution is 2.29. The van der Waals surface area contributed by atoms with Crippen LogP contribution in [-0.2, 0) is 11.3 Å². The molecule has 7 heteroatoms. The van der Waals surface area contributed by atoms with E-state index in [4.69, 9.17) is 32.4 Å². The zero-order chi connectivity index (χ0) is 18.5. The van der Waals surface area contributed by atoms with Crippen LogP contribution in [0.1, 0.15) is 31.3 Å². The van der Waals surface area contributed by atoms with Gasteiger partial charge in [0.25, 0.3) is 0 Å². The van der Waals surface area contributed by atoms with Crippen LogP contribution >= 0.6 is 23.2 Å². The van der Waals surface area contributed by atoms with Crippen molar-refractivity contribution in [1.29, 1.82) is 0 Å². The molecule has 0 fully saturated rings. The molecule has 0 bridgehead atoms. The summed E-state index contributed by atoms with van der Waals surface area (Å²) in [6.07, 6.45) is 0. The highest BCUT2D eigenvalue weighted by molar-refractivity contribution is 6.42. The average molecular weight is 392 g/mol. The third-order valence-electron chi connectivity index (χ3n) is 3.79. The quantitative estimate of drug-likeness (QED) is 0.555. The van der Waals surface area contributed by atoms with E-state index in [2.05, 4.69) is 15.5 Å². The molecule has 5 nitrogen and oxygen atoms in total. The molecule has 1 heterocycles. The van der Waals surface area contributed by atoms with Crippen molar-refractivity contribution >= 4 is 28.9 Å². The normalized spacial score (nSPS) is 12.2. The van der Waals surface area contributed by atoms with Crippen LogP contribution in [0.25, 0.3) is 11.5 Å². The first-order valence-electron chi connectivity index (χ1n) is 8.29. The molecule has 1 aromatic heterocycles. The molecule has 1 N–H and O–H groups in total. The number of rotatable bonds is 7. The predicted octanol–water partition coefficient (Wildman–Crippen LogP) is 5.75. The van der Waals surface area contributed by atoms with Gasteiger partial charge in [-0.15, -0.1) is 10.2 Å². The summed E-state index contributed by atoms with van der Waals surface area (Å²) in [5.74, 6) is 0.892. The molecule has 0 aliphatic carbocycles. The van der Waals surface area contributed by atoms with Gasteiger partial charge in [-0.25, -0.2) is 0 Å². The second-order valence-electron chi connectivity index (χ2n) is 5.77. The maximum Gasteiger partial charge on any atom is 0.247 e. The molecule has 0 aliphatic heterocycles. The minimum Gasteiger partial charge on any atom is -0.418 e. The molecule has 0 radical (unpaired) electrons. The number of hydrogen-bond acceptors (Lipinski definition) is 5. The average Bonchev–Trinajstić information content (AvgIpc) is 3.14. The summed E-state index contributed by atoms with van der Waals surface area (Å²) in [6, 6.07) is 13.1. The van der Waals surface area contributed by atoms with Crippen LogP contribution in [0.15, 0.2) is 46.9 Å². The van der Waals surface area contributed by atoms with Crippen molar-refractivity contribution in [3.63, 3.8) is 0 Å². The number of benzene rings is 2. The number of halogens is 2. The zero-order valence-corrected chi connectivity index (χ0v) is 16.0. The summed E-state index contributed by atoms with van der Waals surface area (Å²) in [6.45, 7) is 5.26. The fourth-order valence-corrected chi connectivity index (χ4v) is 2.68. The van der Waals surface area contributed by atoms with E-state index < -0.39 is 0 Å². The van der Waals surface area contributed by atoms with Crippen LogP contribution in [0.5, 0.6) is 0 Å². The molecule has 0 spiro atoms. The Morgan fingerprint density at radius 3 is 2.54 bits per heavy atom. The predicted molar refractivity (Wildman–Crippen MR) is 104 cm³/mol. The highest BCUT2D eigenvalue weighted by atomic mass is 35.5. The first kappa shape index (κ1) is 18.7. The van der Waals surface area contributed by atoms with E-state index in [9.17, 15) is 0 Å². The Bertz CT molecular complexity index is 865. The highest BCUT2D eigenvalue weighted by Gasteiger charge is 2.15. The molecule has 0 amide bonds. The van der Waals surface area contributed by atoms with Gasteiger partial charge in [0.15, 0.2) is 0 Å². The number of nitrogens with one attached hydrogen (secondary N) is 1. The Balaban J connectivity index is 1.67. The summed E-state index contributed by atoms with van der Waals surface area (Å²) >= 11 is 12.0. The lowest BCUT2D eigenvalue weighted by atomic mass is 10.2. The van der Waals surface area contributed by atoms with Gasteiger partial charge in [0.1, 0.15) is 6.04 Å². The number of aromatic nitrogens is 2. The molecular weight excluding hydrogens is 373 g/mol. The number of ether oxygens (including phenoxy) is 1. The summed E-state index contributed by atoms with van der Waals surface area (Å²) in [5, 5.41) is 12.5. The number of anilines is 1. The first-order valence-corrected chi connectivity index (χ1v) is 9.04. The van der Waals surface area contributed by atoms with Crippen molar-refractivity contribution in [3.05, 3.63) is 64.0 Å². The Kier molecular flexibility index (Phi) is 6.14. The number of hydrogen-bond donors (Lipinski definition) is 1. The van der Waals surface area contributed by atoms with Crippen LogP contribution in [0.4, 0.5) is 5.69 Å². The van der Waals surface area contributed by atoms with Gasteiger partial charge < -0.3 is 14.5 Å². The van der Waals surface area contributed by atoms with E-state index in [1.165, 1.54) is 0 Å². The van der Waals surface area contributed by atoms with Crippen molar-refractivity contribution in [2.45, 2.75) is 26.5 Å². The van der Waals surface area contributed by atoms with Gasteiger partial charge in [-0.05, 0) is 49.7 Å². The topological polar surface area (TPSA) is 60.2 Å². The molecule has 3 rings (SSSR count). The van der Waals surface area contributed by atoms with Gasteiger partial charge in [0.05, 0.1) is 16.7 Å². The van der Waals surface area contributed by atoms with Gasteiger partial charge in [-0.3, -0.25) is 0 Å². The summed E-state index contributed by atoms with van der Waals surface area (Å²) in [4.78, 5) is 0. The van der Waals surface area contributed by atoms with Gasteiger partial charge in [0, 0.05) is 17.9 Å². The molecule has 0 unspecified atom stereocenters. The van der Waals surface area contributed by atoms with Crippen molar-refractivity contribution in [2.24, 2.45) is 0 Å². The van der Waals surface area contributed by atoms with Gasteiger partial charge in [-0.2, -0.15) is 0 Å². The molecule has 3 aromatic rings. The fourth-order valence-electron chi connectivity index (χ4n) is 2.38. The van der Waals surface area contributed by atoms with E-state index in [-0.39, 0.29) is 6.04 Å². The van der Waals surface area contributed by atoms with E-state index in [1.54, 1.807) is 18.2 Å². The standard InChI is InChI=1S/C19H19Cl2N3O2/c1-3-25-11-13-4-7-15(8-5-13)22-12(2)18-23-24-19(26-18)14-6-9-16(20)17(21)10-14/h4-10,12,22H,3,11H2,1-2H3/t12-/m0/s1. The molecule has 0 saturated heterocycles. The van der Waals surface area contributed by atoms with Crippen molar-refractivity contribution in [3.8, 4) is 11.5 Å². The lowest BCUT2D eigenvalue weighted by molar-refractivity contribution is 0.134. The van der Waals surface area contributed by atoms with E-state index in [0.29, 0.717) is 35.0 Å². The maximum atomic E-state index is 6.04. The summed E-state index contributed by atoms with van der Waals surface area (Å²) in [5.41, 5.74) is 2.82. The molecule has 136 valence electrons. The van der Waals surface area contributed by atoms with Gasteiger partial charge in [0.2, 0.25) is 11.8 Å². The number of nitrogens with zero attached hydrogens (tertiary/aromatic N) is 2. The first-order chi connectivity index (χ1) is 12.6. The van der Waals surface area contributed by atoms with Crippen LogP contribution in [0.2, 0.25) is 10.0 Å². The Morgan fingerprint density at radius 2 is 1.85 bits per heavy atom. The van der Waals surface area contributed by atoms with Crippen LogP contribution in [0.3, 0.4) is 0 Å². The fraction of sp³-hybridized carbons (Fsp3) is 0.263. The van der Waals surface area contributed by atoms with E-state index in [1.807, 2.05) is 38.1 Å². The van der Waals surface area contributed by atoms with Crippen LogP contribution < -0.4 is 5.32 Å². The maximum absolute atomic E-state index is 6.04. The van der Waals surface area contributed by atoms with Crippen molar-refractivity contribution in [2.75, 3.05) is 11.9 Å². The Morgan fingerprint density at radius 1 is 1.08 bits per heavy atom. The van der Waals surface area contributed by atoms with Gasteiger partial charge >= 0.3 is 0 Å². The molecule has 0 aliphatic rings. The molecular formula is C19H19Cl2N3O2. The molecule has 26 heavy (non-hydrogen) atoms. The third-order valence-corrected chi connectivity index (χ3v) is 4.53. The Hall–Kier alpha value is -2.08. The second-order valence-corrected chi connectivity index (χ2v) is 6.59. The molecule has 2 aromatic carbocycles. The minimum atomic E-state index is -0.142. The lowest BCUT2D eigenvalue weighted by Gasteiger charge is -2.12. The van der Waals surface area contributed by atoms with E-state index >= 15 is 0 Å². The van der Waals surface area contributed by atoms with E-state index in [0.717, 1.165) is 16.8 Å². The SMILES string of the molecule is CCOCc1ccc(N[C@@H](C)c2nnc(-c3ccc(Cl)c(Cl)c3)o2)cc1. The van der Waals surface area contributed by atoms with Crippen LogP contribution in [-0.4, -0.2) is 16.8 Å². The Labute approximate surface area is 162 Å². The smallest absolute Gasteiger partial charge is 0.247 e. The minimum absolute atomic E-state index is 0.142. The summed E-state index contributed by atoms with van der Waals surface area (Å²) < 4.78 is 11.2. The van der Waals surface area contributed by atoms with Crippen molar-refractivity contribution in [1.82, 2.24) is 10.2 Å².